The van der Waals surface area contributed by atoms with E-state index in [9.17, 15) is 0 Å². The Hall–Kier alpha value is -0.0800. The second kappa shape index (κ2) is 2.46. The lowest BCUT2D eigenvalue weighted by molar-refractivity contribution is 0.106. The first kappa shape index (κ1) is 6.05. The van der Waals surface area contributed by atoms with Crippen molar-refractivity contribution in [3.8, 4) is 0 Å². The molecule has 8 heavy (non-hydrogen) atoms. The molecule has 0 aromatic carbocycles. The molecule has 0 bridgehead atoms. The molecule has 0 radical (unpaired) electrons. The third kappa shape index (κ3) is 1.20. The minimum atomic E-state index is -0.183. The molecule has 2 atom stereocenters. The molecule has 1 aliphatic heterocycles. The van der Waals surface area contributed by atoms with Crippen LogP contribution in [0.25, 0.3) is 0 Å². The Balaban J connectivity index is 2.24. The summed E-state index contributed by atoms with van der Waals surface area (Å²) in [6, 6.07) is 0. The average molecular weight is 116 g/mol. The molecule has 1 rings (SSSR count). The number of hydrogen-bond donors (Lipinski definition) is 1. The zero-order valence-electron chi connectivity index (χ0n) is 5.13. The van der Waals surface area contributed by atoms with Gasteiger partial charge in [0.1, 0.15) is 0 Å². The first-order valence-electron chi connectivity index (χ1n) is 3.06. The molecule has 2 nitrogen and oxygen atoms in total. The van der Waals surface area contributed by atoms with Crippen molar-refractivity contribution in [2.75, 3.05) is 13.2 Å². The average Bonchev–Trinajstić information content (AvgIpc) is 2.12. The van der Waals surface area contributed by atoms with E-state index in [1.54, 1.807) is 0 Å². The maximum Gasteiger partial charge on any atom is 0.0563 e. The van der Waals surface area contributed by atoms with E-state index in [-0.39, 0.29) is 6.10 Å². The van der Waals surface area contributed by atoms with Gasteiger partial charge in [0.15, 0.2) is 0 Å². The van der Waals surface area contributed by atoms with Gasteiger partial charge in [0.05, 0.1) is 12.7 Å². The largest absolute Gasteiger partial charge is 0.393 e. The summed E-state index contributed by atoms with van der Waals surface area (Å²) in [4.78, 5) is 0. The van der Waals surface area contributed by atoms with Crippen LogP contribution < -0.4 is 0 Å². The van der Waals surface area contributed by atoms with E-state index in [1.807, 2.05) is 6.92 Å². The van der Waals surface area contributed by atoms with E-state index in [2.05, 4.69) is 0 Å². The topological polar surface area (TPSA) is 29.5 Å². The molecule has 1 aliphatic rings. The van der Waals surface area contributed by atoms with Gasteiger partial charge in [0.2, 0.25) is 0 Å². The number of hydrogen-bond acceptors (Lipinski definition) is 2. The molecule has 1 fully saturated rings. The van der Waals surface area contributed by atoms with Crippen molar-refractivity contribution in [3.05, 3.63) is 0 Å². The first-order valence-corrected chi connectivity index (χ1v) is 3.06. The van der Waals surface area contributed by atoms with Gasteiger partial charge in [-0.25, -0.2) is 0 Å². The van der Waals surface area contributed by atoms with Crippen molar-refractivity contribution >= 4 is 0 Å². The summed E-state index contributed by atoms with van der Waals surface area (Å²) in [7, 11) is 0. The molecule has 0 spiro atoms. The summed E-state index contributed by atoms with van der Waals surface area (Å²) in [6.07, 6.45) is 0.843. The molecule has 0 aromatic heterocycles. The lowest BCUT2D eigenvalue weighted by Crippen LogP contribution is -2.15. The van der Waals surface area contributed by atoms with Crippen molar-refractivity contribution < 1.29 is 9.84 Å². The van der Waals surface area contributed by atoms with E-state index >= 15 is 0 Å². The van der Waals surface area contributed by atoms with Crippen LogP contribution in [0.1, 0.15) is 13.3 Å². The van der Waals surface area contributed by atoms with Gasteiger partial charge in [-0.05, 0) is 13.3 Å². The second-order valence-electron chi connectivity index (χ2n) is 2.36. The van der Waals surface area contributed by atoms with Gasteiger partial charge < -0.3 is 9.84 Å². The maximum absolute atomic E-state index is 8.97. The molecule has 1 saturated heterocycles. The van der Waals surface area contributed by atoms with Gasteiger partial charge in [0.25, 0.3) is 0 Å². The number of rotatable bonds is 1. The van der Waals surface area contributed by atoms with Crippen LogP contribution in [0.5, 0.6) is 0 Å². The van der Waals surface area contributed by atoms with Gasteiger partial charge in [-0.3, -0.25) is 0 Å². The molecule has 0 amide bonds. The highest BCUT2D eigenvalue weighted by atomic mass is 16.5. The summed E-state index contributed by atoms with van der Waals surface area (Å²) >= 11 is 0. The zero-order chi connectivity index (χ0) is 5.98. The Bertz CT molecular complexity index is 64.9. The third-order valence-corrected chi connectivity index (χ3v) is 1.65. The van der Waals surface area contributed by atoms with Crippen LogP contribution in [0, 0.1) is 5.92 Å². The summed E-state index contributed by atoms with van der Waals surface area (Å²) in [5.41, 5.74) is 0. The molecule has 0 saturated carbocycles. The van der Waals surface area contributed by atoms with Crippen molar-refractivity contribution in [2.24, 2.45) is 5.92 Å². The number of aliphatic hydroxyl groups excluding tert-OH is 1. The fourth-order valence-corrected chi connectivity index (χ4v) is 0.933. The lowest BCUT2D eigenvalue weighted by Gasteiger charge is -2.08. The van der Waals surface area contributed by atoms with Gasteiger partial charge in [-0.1, -0.05) is 0 Å². The number of ether oxygens (including phenoxy) is 1. The summed E-state index contributed by atoms with van der Waals surface area (Å²) in [5, 5.41) is 8.97. The fourth-order valence-electron chi connectivity index (χ4n) is 0.933. The summed E-state index contributed by atoms with van der Waals surface area (Å²) in [6.45, 7) is 3.40. The van der Waals surface area contributed by atoms with Crippen LogP contribution in [0.2, 0.25) is 0 Å². The van der Waals surface area contributed by atoms with Gasteiger partial charge in [-0.2, -0.15) is 0 Å². The molecule has 2 heteroatoms. The SMILES string of the molecule is C[C@@H](O)[C@H]1CCOC1. The second-order valence-corrected chi connectivity index (χ2v) is 2.36. The van der Waals surface area contributed by atoms with E-state index in [0.717, 1.165) is 19.6 Å². The highest BCUT2D eigenvalue weighted by molar-refractivity contribution is 4.68. The molecule has 0 aromatic rings. The van der Waals surface area contributed by atoms with E-state index in [1.165, 1.54) is 0 Å². The highest BCUT2D eigenvalue weighted by Crippen LogP contribution is 2.15. The maximum atomic E-state index is 8.97. The van der Waals surface area contributed by atoms with Crippen LogP contribution >= 0.6 is 0 Å². The van der Waals surface area contributed by atoms with Crippen LogP contribution in [0.15, 0.2) is 0 Å². The Morgan fingerprint density at radius 2 is 2.50 bits per heavy atom. The third-order valence-electron chi connectivity index (χ3n) is 1.65. The van der Waals surface area contributed by atoms with Crippen molar-refractivity contribution in [1.82, 2.24) is 0 Å². The zero-order valence-corrected chi connectivity index (χ0v) is 5.13. The molecule has 48 valence electrons. The summed E-state index contributed by atoms with van der Waals surface area (Å²) in [5.74, 6) is 0.398. The van der Waals surface area contributed by atoms with Crippen LogP contribution in [-0.4, -0.2) is 24.4 Å². The quantitative estimate of drug-likeness (QED) is 0.537. The smallest absolute Gasteiger partial charge is 0.0563 e. The van der Waals surface area contributed by atoms with E-state index in [4.69, 9.17) is 9.84 Å². The molecular formula is C6H12O2. The Morgan fingerprint density at radius 1 is 1.75 bits per heavy atom. The fraction of sp³-hybridized carbons (Fsp3) is 1.00. The van der Waals surface area contributed by atoms with Gasteiger partial charge >= 0.3 is 0 Å². The Morgan fingerprint density at radius 3 is 2.75 bits per heavy atom. The molecular weight excluding hydrogens is 104 g/mol. The van der Waals surface area contributed by atoms with Gasteiger partial charge in [-0.15, -0.1) is 0 Å². The minimum Gasteiger partial charge on any atom is -0.393 e. The summed E-state index contributed by atoms with van der Waals surface area (Å²) < 4.78 is 5.06. The number of aliphatic hydroxyl groups is 1. The van der Waals surface area contributed by atoms with Crippen molar-refractivity contribution in [1.29, 1.82) is 0 Å². The van der Waals surface area contributed by atoms with Crippen LogP contribution in [-0.2, 0) is 4.74 Å². The van der Waals surface area contributed by atoms with Gasteiger partial charge in [0, 0.05) is 12.5 Å². The Kier molecular flexibility index (Phi) is 1.86. The predicted molar refractivity (Wildman–Crippen MR) is 30.6 cm³/mol. The molecule has 0 aliphatic carbocycles. The first-order chi connectivity index (χ1) is 3.80. The molecule has 1 N–H and O–H groups in total. The minimum absolute atomic E-state index is 0.183. The molecule has 1 heterocycles. The lowest BCUT2D eigenvalue weighted by atomic mass is 10.0. The highest BCUT2D eigenvalue weighted by Gasteiger charge is 2.19. The van der Waals surface area contributed by atoms with E-state index in [0.29, 0.717) is 5.92 Å². The van der Waals surface area contributed by atoms with E-state index < -0.39 is 0 Å². The predicted octanol–water partition coefficient (Wildman–Crippen LogP) is 0.404. The normalized spacial score (nSPS) is 33.0. The Labute approximate surface area is 49.5 Å². The standard InChI is InChI=1S/C6H12O2/c1-5(7)6-2-3-8-4-6/h5-7H,2-4H2,1H3/t5-,6+/m1/s1. The van der Waals surface area contributed by atoms with Crippen molar-refractivity contribution in [3.63, 3.8) is 0 Å². The molecule has 0 unspecified atom stereocenters. The van der Waals surface area contributed by atoms with Crippen LogP contribution in [0.4, 0.5) is 0 Å². The van der Waals surface area contributed by atoms with Crippen molar-refractivity contribution in [2.45, 2.75) is 19.4 Å². The van der Waals surface area contributed by atoms with Crippen LogP contribution in [0.3, 0.4) is 0 Å². The monoisotopic (exact) mass is 116 g/mol.